The third-order valence-corrected chi connectivity index (χ3v) is 3.49. The van der Waals surface area contributed by atoms with Gasteiger partial charge in [0.25, 0.3) is 0 Å². The van der Waals surface area contributed by atoms with E-state index < -0.39 is 0 Å². The van der Waals surface area contributed by atoms with Crippen molar-refractivity contribution < 1.29 is 4.79 Å². The van der Waals surface area contributed by atoms with Gasteiger partial charge in [0, 0.05) is 25.7 Å². The van der Waals surface area contributed by atoms with Crippen LogP contribution >= 0.6 is 0 Å². The molecule has 16 heavy (non-hydrogen) atoms. The van der Waals surface area contributed by atoms with Gasteiger partial charge in [0.05, 0.1) is 6.04 Å². The summed E-state index contributed by atoms with van der Waals surface area (Å²) in [5, 5.41) is 0. The van der Waals surface area contributed by atoms with Crippen LogP contribution in [-0.2, 0) is 4.79 Å². The van der Waals surface area contributed by atoms with E-state index in [4.69, 9.17) is 5.73 Å². The van der Waals surface area contributed by atoms with Crippen molar-refractivity contribution in [3.05, 3.63) is 0 Å². The van der Waals surface area contributed by atoms with Gasteiger partial charge in [-0.15, -0.1) is 0 Å². The van der Waals surface area contributed by atoms with E-state index in [2.05, 4.69) is 18.7 Å². The Bertz CT molecular complexity index is 242. The average Bonchev–Trinajstić information content (AvgIpc) is 2.26. The number of rotatable bonds is 3. The number of nitrogens with zero attached hydrogens (tertiary/aromatic N) is 2. The van der Waals surface area contributed by atoms with Crippen molar-refractivity contribution in [3.8, 4) is 0 Å². The average molecular weight is 227 g/mol. The topological polar surface area (TPSA) is 49.6 Å². The molecule has 0 aromatic heterocycles. The normalized spacial score (nSPS) is 24.9. The van der Waals surface area contributed by atoms with Gasteiger partial charge in [-0.05, 0) is 19.4 Å². The summed E-state index contributed by atoms with van der Waals surface area (Å²) in [5.74, 6) is 0.324. The lowest BCUT2D eigenvalue weighted by Crippen LogP contribution is -2.57. The van der Waals surface area contributed by atoms with Gasteiger partial charge in [0.15, 0.2) is 0 Å². The van der Waals surface area contributed by atoms with Crippen LogP contribution < -0.4 is 5.73 Å². The minimum absolute atomic E-state index is 0.109. The zero-order chi connectivity index (χ0) is 12.3. The molecule has 1 aliphatic rings. The fourth-order valence-corrected chi connectivity index (χ4v) is 2.16. The van der Waals surface area contributed by atoms with Gasteiger partial charge in [-0.3, -0.25) is 9.69 Å². The molecule has 0 aliphatic carbocycles. The van der Waals surface area contributed by atoms with Gasteiger partial charge < -0.3 is 10.6 Å². The first-order valence-corrected chi connectivity index (χ1v) is 6.25. The number of likely N-dealkylation sites (N-methyl/N-ethyl adjacent to an activating group) is 1. The largest absolute Gasteiger partial charge is 0.338 e. The van der Waals surface area contributed by atoms with Crippen molar-refractivity contribution in [2.24, 2.45) is 11.7 Å². The van der Waals surface area contributed by atoms with Crippen molar-refractivity contribution in [2.45, 2.75) is 39.8 Å². The summed E-state index contributed by atoms with van der Waals surface area (Å²) < 4.78 is 0. The maximum Gasteiger partial charge on any atom is 0.239 e. The Morgan fingerprint density at radius 1 is 1.44 bits per heavy atom. The van der Waals surface area contributed by atoms with Gasteiger partial charge in [-0.1, -0.05) is 20.8 Å². The van der Waals surface area contributed by atoms with Crippen molar-refractivity contribution in [2.75, 3.05) is 26.2 Å². The highest BCUT2D eigenvalue weighted by molar-refractivity contribution is 5.82. The molecule has 1 rings (SSSR count). The van der Waals surface area contributed by atoms with Crippen LogP contribution in [-0.4, -0.2) is 54.0 Å². The Hall–Kier alpha value is -0.610. The zero-order valence-electron chi connectivity index (χ0n) is 10.9. The fourth-order valence-electron chi connectivity index (χ4n) is 2.16. The number of carbonyl (C=O) groups is 1. The van der Waals surface area contributed by atoms with E-state index in [-0.39, 0.29) is 17.9 Å². The van der Waals surface area contributed by atoms with Gasteiger partial charge in [-0.2, -0.15) is 0 Å². The second-order valence-electron chi connectivity index (χ2n) is 5.03. The molecule has 0 radical (unpaired) electrons. The van der Waals surface area contributed by atoms with E-state index in [0.717, 1.165) is 26.2 Å². The molecule has 0 spiro atoms. The Morgan fingerprint density at radius 2 is 2.06 bits per heavy atom. The first-order chi connectivity index (χ1) is 7.47. The highest BCUT2D eigenvalue weighted by Crippen LogP contribution is 2.11. The highest BCUT2D eigenvalue weighted by Gasteiger charge is 2.29. The first-order valence-electron chi connectivity index (χ1n) is 6.25. The van der Waals surface area contributed by atoms with E-state index in [9.17, 15) is 4.79 Å². The summed E-state index contributed by atoms with van der Waals surface area (Å²) in [6.07, 6.45) is 0. The number of piperazine rings is 1. The van der Waals surface area contributed by atoms with E-state index in [1.54, 1.807) is 0 Å². The molecule has 0 bridgehead atoms. The second kappa shape index (κ2) is 5.64. The summed E-state index contributed by atoms with van der Waals surface area (Å²) in [6, 6.07) is 0.0995. The number of nitrogens with two attached hydrogens (primary N) is 1. The third-order valence-electron chi connectivity index (χ3n) is 3.49. The number of hydrogen-bond donors (Lipinski definition) is 1. The summed E-state index contributed by atoms with van der Waals surface area (Å²) in [4.78, 5) is 16.4. The maximum absolute atomic E-state index is 12.1. The van der Waals surface area contributed by atoms with Crippen LogP contribution in [0.4, 0.5) is 0 Å². The molecule has 0 aromatic carbocycles. The SMILES string of the molecule is CCN1CCN(C(=O)[C@@H](N)C(C)C)CC1C. The quantitative estimate of drug-likeness (QED) is 0.765. The van der Waals surface area contributed by atoms with Crippen LogP contribution in [0, 0.1) is 5.92 Å². The predicted molar refractivity (Wildman–Crippen MR) is 66.1 cm³/mol. The van der Waals surface area contributed by atoms with Crippen molar-refractivity contribution >= 4 is 5.91 Å². The summed E-state index contributed by atoms with van der Waals surface area (Å²) in [5.41, 5.74) is 5.90. The minimum atomic E-state index is -0.347. The van der Waals surface area contributed by atoms with Crippen molar-refractivity contribution in [1.82, 2.24) is 9.80 Å². The van der Waals surface area contributed by atoms with Crippen LogP contribution in [0.15, 0.2) is 0 Å². The molecule has 1 heterocycles. The maximum atomic E-state index is 12.1. The van der Waals surface area contributed by atoms with Crippen LogP contribution in [0.1, 0.15) is 27.7 Å². The lowest BCUT2D eigenvalue weighted by atomic mass is 10.0. The lowest BCUT2D eigenvalue weighted by Gasteiger charge is -2.40. The number of carbonyl (C=O) groups excluding carboxylic acids is 1. The Labute approximate surface area is 98.8 Å². The molecular formula is C12H25N3O. The van der Waals surface area contributed by atoms with Crippen LogP contribution in [0.25, 0.3) is 0 Å². The standard InChI is InChI=1S/C12H25N3O/c1-5-14-6-7-15(8-10(14)4)12(16)11(13)9(2)3/h9-11H,5-8,13H2,1-4H3/t10?,11-/m0/s1. The van der Waals surface area contributed by atoms with E-state index >= 15 is 0 Å². The fraction of sp³-hybridized carbons (Fsp3) is 0.917. The molecule has 1 amide bonds. The van der Waals surface area contributed by atoms with Gasteiger partial charge in [0.1, 0.15) is 0 Å². The molecule has 2 N–H and O–H groups in total. The lowest BCUT2D eigenvalue weighted by molar-refractivity contribution is -0.136. The molecule has 0 aromatic rings. The Balaban J connectivity index is 2.54. The Morgan fingerprint density at radius 3 is 2.50 bits per heavy atom. The van der Waals surface area contributed by atoms with E-state index in [0.29, 0.717) is 6.04 Å². The van der Waals surface area contributed by atoms with Gasteiger partial charge in [0.2, 0.25) is 5.91 Å². The van der Waals surface area contributed by atoms with Gasteiger partial charge in [-0.25, -0.2) is 0 Å². The third kappa shape index (κ3) is 2.95. The highest BCUT2D eigenvalue weighted by atomic mass is 16.2. The number of hydrogen-bond acceptors (Lipinski definition) is 3. The molecule has 94 valence electrons. The molecule has 4 heteroatoms. The molecule has 1 aliphatic heterocycles. The molecule has 2 atom stereocenters. The predicted octanol–water partition coefficient (Wildman–Crippen LogP) is 0.522. The molecular weight excluding hydrogens is 202 g/mol. The smallest absolute Gasteiger partial charge is 0.239 e. The van der Waals surface area contributed by atoms with Crippen molar-refractivity contribution in [3.63, 3.8) is 0 Å². The van der Waals surface area contributed by atoms with E-state index in [1.807, 2.05) is 18.7 Å². The monoisotopic (exact) mass is 227 g/mol. The zero-order valence-corrected chi connectivity index (χ0v) is 10.9. The van der Waals surface area contributed by atoms with Gasteiger partial charge >= 0.3 is 0 Å². The molecule has 4 nitrogen and oxygen atoms in total. The molecule has 0 saturated carbocycles. The van der Waals surface area contributed by atoms with Crippen LogP contribution in [0.3, 0.4) is 0 Å². The molecule has 1 fully saturated rings. The summed E-state index contributed by atoms with van der Waals surface area (Å²) >= 11 is 0. The summed E-state index contributed by atoms with van der Waals surface area (Å²) in [6.45, 7) is 12.0. The molecule has 1 unspecified atom stereocenters. The first kappa shape index (κ1) is 13.5. The van der Waals surface area contributed by atoms with Crippen LogP contribution in [0.2, 0.25) is 0 Å². The Kier molecular flexibility index (Phi) is 4.74. The summed E-state index contributed by atoms with van der Waals surface area (Å²) in [7, 11) is 0. The molecule has 1 saturated heterocycles. The minimum Gasteiger partial charge on any atom is -0.338 e. The van der Waals surface area contributed by atoms with Crippen molar-refractivity contribution in [1.29, 1.82) is 0 Å². The second-order valence-corrected chi connectivity index (χ2v) is 5.03. The number of amides is 1. The van der Waals surface area contributed by atoms with E-state index in [1.165, 1.54) is 0 Å². The van der Waals surface area contributed by atoms with Crippen LogP contribution in [0.5, 0.6) is 0 Å².